The van der Waals surface area contributed by atoms with E-state index in [1.54, 1.807) is 0 Å². The summed E-state index contributed by atoms with van der Waals surface area (Å²) in [5.74, 6) is 1.23. The van der Waals surface area contributed by atoms with Crippen molar-refractivity contribution in [3.05, 3.63) is 52.8 Å². The molecule has 0 fully saturated rings. The second-order valence-corrected chi connectivity index (χ2v) is 5.32. The number of hydrogen-bond donors (Lipinski definition) is 1. The van der Waals surface area contributed by atoms with Crippen LogP contribution in [0.3, 0.4) is 0 Å². The molecule has 20 heavy (non-hydrogen) atoms. The number of hydrogen-bond acceptors (Lipinski definition) is 4. The predicted octanol–water partition coefficient (Wildman–Crippen LogP) is 4.08. The quantitative estimate of drug-likeness (QED) is 0.720. The fourth-order valence-corrected chi connectivity index (χ4v) is 2.17. The summed E-state index contributed by atoms with van der Waals surface area (Å²) in [6.45, 7) is 2.01. The Kier molecular flexibility index (Phi) is 3.28. The minimum absolute atomic E-state index is 0.504. The summed E-state index contributed by atoms with van der Waals surface area (Å²) in [6.07, 6.45) is 1.49. The largest absolute Gasteiger partial charge is 0.438 e. The highest BCUT2D eigenvalue weighted by Gasteiger charge is 2.07. The van der Waals surface area contributed by atoms with E-state index in [1.165, 1.54) is 6.33 Å². The second kappa shape index (κ2) is 5.09. The van der Waals surface area contributed by atoms with Crippen molar-refractivity contribution in [1.29, 1.82) is 0 Å². The van der Waals surface area contributed by atoms with Crippen molar-refractivity contribution in [3.63, 3.8) is 0 Å². The number of nitrogens with two attached hydrogens (primary N) is 1. The monoisotopic (exact) mass is 329 g/mol. The first kappa shape index (κ1) is 12.9. The number of fused-ring (bicyclic) bond motifs is 1. The lowest BCUT2D eigenvalue weighted by atomic mass is 10.2. The smallest absolute Gasteiger partial charge is 0.230 e. The summed E-state index contributed by atoms with van der Waals surface area (Å²) in [5, 5.41) is 0.799. The molecular weight excluding hydrogens is 318 g/mol. The number of nitrogen functional groups attached to an aromatic ring is 1. The lowest BCUT2D eigenvalue weighted by Gasteiger charge is -2.09. The molecule has 2 N–H and O–H groups in total. The standard InChI is InChI=1S/C15H12BrN3O/c1-9-6-11(3-4-13(9)16)20-15-12-7-10(17)2-5-14(12)18-8-19-15/h2-8H,17H2,1H3. The molecule has 4 nitrogen and oxygen atoms in total. The van der Waals surface area contributed by atoms with E-state index in [0.29, 0.717) is 11.6 Å². The summed E-state index contributed by atoms with van der Waals surface area (Å²) in [6, 6.07) is 11.3. The molecule has 100 valence electrons. The van der Waals surface area contributed by atoms with Crippen LogP contribution in [0, 0.1) is 6.92 Å². The minimum Gasteiger partial charge on any atom is -0.438 e. The van der Waals surface area contributed by atoms with Crippen LogP contribution in [0.2, 0.25) is 0 Å². The number of benzene rings is 2. The molecule has 0 saturated carbocycles. The molecule has 0 spiro atoms. The van der Waals surface area contributed by atoms with Gasteiger partial charge in [0.05, 0.1) is 10.9 Å². The lowest BCUT2D eigenvalue weighted by molar-refractivity contribution is 0.467. The molecule has 3 rings (SSSR count). The third kappa shape index (κ3) is 2.44. The van der Waals surface area contributed by atoms with Crippen molar-refractivity contribution in [2.75, 3.05) is 5.73 Å². The Balaban J connectivity index is 2.05. The average Bonchev–Trinajstić information content (AvgIpc) is 2.44. The summed E-state index contributed by atoms with van der Waals surface area (Å²) in [5.41, 5.74) is 8.37. The molecule has 0 aliphatic heterocycles. The van der Waals surface area contributed by atoms with Crippen LogP contribution >= 0.6 is 15.9 Å². The van der Waals surface area contributed by atoms with Gasteiger partial charge in [0.15, 0.2) is 0 Å². The molecule has 0 atom stereocenters. The highest BCUT2D eigenvalue weighted by Crippen LogP contribution is 2.29. The summed E-state index contributed by atoms with van der Waals surface area (Å²) in [7, 11) is 0. The van der Waals surface area contributed by atoms with Gasteiger partial charge in [0, 0.05) is 10.2 Å². The van der Waals surface area contributed by atoms with Gasteiger partial charge in [0.1, 0.15) is 12.1 Å². The number of aromatic nitrogens is 2. The Bertz CT molecular complexity index is 789. The number of rotatable bonds is 2. The maximum Gasteiger partial charge on any atom is 0.230 e. The van der Waals surface area contributed by atoms with Gasteiger partial charge in [-0.15, -0.1) is 0 Å². The third-order valence-electron chi connectivity index (χ3n) is 2.97. The van der Waals surface area contributed by atoms with Crippen molar-refractivity contribution in [1.82, 2.24) is 9.97 Å². The molecule has 1 heterocycles. The first-order valence-electron chi connectivity index (χ1n) is 6.08. The Morgan fingerprint density at radius 3 is 2.75 bits per heavy atom. The maximum atomic E-state index is 5.85. The van der Waals surface area contributed by atoms with Crippen LogP contribution in [0.1, 0.15) is 5.56 Å². The van der Waals surface area contributed by atoms with Crippen LogP contribution in [0.25, 0.3) is 10.9 Å². The van der Waals surface area contributed by atoms with Crippen LogP contribution in [-0.2, 0) is 0 Å². The fourth-order valence-electron chi connectivity index (χ4n) is 1.92. The van der Waals surface area contributed by atoms with E-state index in [0.717, 1.165) is 26.7 Å². The van der Waals surface area contributed by atoms with Crippen LogP contribution in [0.4, 0.5) is 5.69 Å². The van der Waals surface area contributed by atoms with Gasteiger partial charge < -0.3 is 10.5 Å². The molecule has 1 aromatic heterocycles. The molecule has 0 saturated heterocycles. The topological polar surface area (TPSA) is 61.0 Å². The Morgan fingerprint density at radius 1 is 1.10 bits per heavy atom. The van der Waals surface area contributed by atoms with Crippen LogP contribution in [0.15, 0.2) is 47.2 Å². The lowest BCUT2D eigenvalue weighted by Crippen LogP contribution is -1.93. The molecule has 2 aromatic carbocycles. The van der Waals surface area contributed by atoms with Gasteiger partial charge in [0.2, 0.25) is 5.88 Å². The van der Waals surface area contributed by atoms with Crippen molar-refractivity contribution >= 4 is 32.5 Å². The summed E-state index contributed by atoms with van der Waals surface area (Å²) in [4.78, 5) is 8.40. The maximum absolute atomic E-state index is 5.85. The Hall–Kier alpha value is -2.14. The molecular formula is C15H12BrN3O. The molecule has 0 radical (unpaired) electrons. The zero-order valence-electron chi connectivity index (χ0n) is 10.8. The summed E-state index contributed by atoms with van der Waals surface area (Å²) < 4.78 is 6.90. The van der Waals surface area contributed by atoms with Crippen molar-refractivity contribution in [2.45, 2.75) is 6.92 Å². The van der Waals surface area contributed by atoms with Gasteiger partial charge in [-0.3, -0.25) is 0 Å². The van der Waals surface area contributed by atoms with Crippen molar-refractivity contribution < 1.29 is 4.74 Å². The van der Waals surface area contributed by atoms with Crippen molar-refractivity contribution in [2.24, 2.45) is 0 Å². The van der Waals surface area contributed by atoms with Crippen LogP contribution in [0.5, 0.6) is 11.6 Å². The van der Waals surface area contributed by atoms with E-state index in [1.807, 2.05) is 43.3 Å². The first-order chi connectivity index (χ1) is 9.63. The normalized spacial score (nSPS) is 10.7. The highest BCUT2D eigenvalue weighted by atomic mass is 79.9. The van der Waals surface area contributed by atoms with Crippen LogP contribution < -0.4 is 10.5 Å². The van der Waals surface area contributed by atoms with E-state index < -0.39 is 0 Å². The van der Waals surface area contributed by atoms with Gasteiger partial charge in [-0.25, -0.2) is 9.97 Å². The van der Waals surface area contributed by atoms with Gasteiger partial charge >= 0.3 is 0 Å². The number of anilines is 1. The van der Waals surface area contributed by atoms with E-state index in [9.17, 15) is 0 Å². The average molecular weight is 330 g/mol. The van der Waals surface area contributed by atoms with Crippen LogP contribution in [-0.4, -0.2) is 9.97 Å². The highest BCUT2D eigenvalue weighted by molar-refractivity contribution is 9.10. The number of ether oxygens (including phenoxy) is 1. The predicted molar refractivity (Wildman–Crippen MR) is 82.9 cm³/mol. The Labute approximate surface area is 124 Å². The Morgan fingerprint density at radius 2 is 1.95 bits per heavy atom. The van der Waals surface area contributed by atoms with Crippen molar-refractivity contribution in [3.8, 4) is 11.6 Å². The number of halogens is 1. The SMILES string of the molecule is Cc1cc(Oc2ncnc3ccc(N)cc23)ccc1Br. The molecule has 5 heteroatoms. The molecule has 0 aliphatic rings. The second-order valence-electron chi connectivity index (χ2n) is 4.47. The number of nitrogens with zero attached hydrogens (tertiary/aromatic N) is 2. The van der Waals surface area contributed by atoms with E-state index in [4.69, 9.17) is 10.5 Å². The molecule has 0 unspecified atom stereocenters. The fraction of sp³-hybridized carbons (Fsp3) is 0.0667. The molecule has 3 aromatic rings. The molecule has 0 bridgehead atoms. The zero-order chi connectivity index (χ0) is 14.1. The van der Waals surface area contributed by atoms with Gasteiger partial charge in [-0.1, -0.05) is 15.9 Å². The van der Waals surface area contributed by atoms with E-state index >= 15 is 0 Å². The van der Waals surface area contributed by atoms with Gasteiger partial charge in [-0.2, -0.15) is 0 Å². The van der Waals surface area contributed by atoms with Gasteiger partial charge in [0.25, 0.3) is 0 Å². The first-order valence-corrected chi connectivity index (χ1v) is 6.87. The van der Waals surface area contributed by atoms with E-state index in [-0.39, 0.29) is 0 Å². The zero-order valence-corrected chi connectivity index (χ0v) is 12.4. The minimum atomic E-state index is 0.504. The molecule has 0 aliphatic carbocycles. The van der Waals surface area contributed by atoms with E-state index in [2.05, 4.69) is 25.9 Å². The number of aryl methyl sites for hydroxylation is 1. The van der Waals surface area contributed by atoms with Gasteiger partial charge in [-0.05, 0) is 48.9 Å². The summed E-state index contributed by atoms with van der Waals surface area (Å²) >= 11 is 3.47. The third-order valence-corrected chi connectivity index (χ3v) is 3.86. The molecule has 0 amide bonds.